The summed E-state index contributed by atoms with van der Waals surface area (Å²) < 4.78 is 1.25. The molecular formula is C15H22IN3S. The van der Waals surface area contributed by atoms with Crippen molar-refractivity contribution in [3.05, 3.63) is 15.1 Å². The fourth-order valence-corrected chi connectivity index (χ4v) is 4.67. The molecule has 20 heavy (non-hydrogen) atoms. The highest BCUT2D eigenvalue weighted by Crippen LogP contribution is 2.44. The van der Waals surface area contributed by atoms with Gasteiger partial charge in [-0.25, -0.2) is 9.97 Å². The van der Waals surface area contributed by atoms with E-state index in [1.807, 2.05) is 11.8 Å². The van der Waals surface area contributed by atoms with Gasteiger partial charge in [0.1, 0.15) is 11.6 Å². The fraction of sp³-hybridized carbons (Fsp3) is 0.733. The van der Waals surface area contributed by atoms with Crippen molar-refractivity contribution < 1.29 is 0 Å². The summed E-state index contributed by atoms with van der Waals surface area (Å²) in [7, 11) is 0. The first-order valence-electron chi connectivity index (χ1n) is 7.72. The van der Waals surface area contributed by atoms with Crippen LogP contribution >= 0.6 is 34.4 Å². The van der Waals surface area contributed by atoms with Crippen LogP contribution in [-0.4, -0.2) is 22.3 Å². The van der Waals surface area contributed by atoms with Crippen LogP contribution in [0.25, 0.3) is 0 Å². The monoisotopic (exact) mass is 403 g/mol. The minimum atomic E-state index is 0.514. The third-order valence-corrected chi connectivity index (χ3v) is 6.31. The van der Waals surface area contributed by atoms with Crippen molar-refractivity contribution in [2.75, 3.05) is 17.6 Å². The quantitative estimate of drug-likeness (QED) is 0.721. The largest absolute Gasteiger partial charge is 0.369 e. The molecule has 3 nitrogen and oxygen atoms in total. The Labute approximate surface area is 139 Å². The molecule has 2 fully saturated rings. The second kappa shape index (κ2) is 6.81. The lowest BCUT2D eigenvalue weighted by molar-refractivity contribution is 0.658. The lowest BCUT2D eigenvalue weighted by atomic mass is 10.1. The number of aromatic nitrogens is 2. The van der Waals surface area contributed by atoms with E-state index in [0.29, 0.717) is 11.2 Å². The Morgan fingerprint density at radius 2 is 2.10 bits per heavy atom. The van der Waals surface area contributed by atoms with Crippen molar-refractivity contribution in [3.63, 3.8) is 0 Å². The molecule has 0 aromatic carbocycles. The Bertz CT molecular complexity index is 470. The first-order valence-corrected chi connectivity index (χ1v) is 9.85. The van der Waals surface area contributed by atoms with Gasteiger partial charge in [0, 0.05) is 12.5 Å². The number of anilines is 1. The number of hydrogen-bond acceptors (Lipinski definition) is 4. The van der Waals surface area contributed by atoms with Crippen molar-refractivity contribution in [2.24, 2.45) is 0 Å². The molecule has 1 saturated carbocycles. The molecule has 0 spiro atoms. The molecule has 110 valence electrons. The van der Waals surface area contributed by atoms with E-state index in [1.165, 1.54) is 47.1 Å². The molecule has 2 aliphatic rings. The fourth-order valence-electron chi connectivity index (χ4n) is 2.56. The number of nitrogens with one attached hydrogen (secondary N) is 1. The SMILES string of the molecule is CCCNc1nc(C2CCCCS2)nc(C2CC2)c1I. The highest BCUT2D eigenvalue weighted by molar-refractivity contribution is 14.1. The average Bonchev–Trinajstić information content (AvgIpc) is 3.32. The zero-order valence-electron chi connectivity index (χ0n) is 12.0. The third kappa shape index (κ3) is 3.40. The Hall–Kier alpha value is -0.0400. The first kappa shape index (κ1) is 14.9. The third-order valence-electron chi connectivity index (χ3n) is 3.87. The van der Waals surface area contributed by atoms with Gasteiger partial charge in [-0.1, -0.05) is 13.3 Å². The molecule has 1 saturated heterocycles. The van der Waals surface area contributed by atoms with E-state index in [2.05, 4.69) is 34.8 Å². The Kier molecular flexibility index (Phi) is 5.07. The van der Waals surface area contributed by atoms with Gasteiger partial charge < -0.3 is 5.32 Å². The molecule has 2 heterocycles. The van der Waals surface area contributed by atoms with Gasteiger partial charge in [0.2, 0.25) is 0 Å². The van der Waals surface area contributed by atoms with Crippen LogP contribution in [0.2, 0.25) is 0 Å². The molecule has 1 atom stereocenters. The molecule has 1 aromatic heterocycles. The van der Waals surface area contributed by atoms with Gasteiger partial charge in [0.15, 0.2) is 0 Å². The van der Waals surface area contributed by atoms with Crippen LogP contribution in [0.15, 0.2) is 0 Å². The van der Waals surface area contributed by atoms with Crippen LogP contribution in [-0.2, 0) is 0 Å². The Morgan fingerprint density at radius 3 is 2.75 bits per heavy atom. The predicted octanol–water partition coefficient (Wildman–Crippen LogP) is 4.74. The van der Waals surface area contributed by atoms with Crippen LogP contribution in [0.5, 0.6) is 0 Å². The second-order valence-corrected chi connectivity index (χ2v) is 8.08. The summed E-state index contributed by atoms with van der Waals surface area (Å²) >= 11 is 4.47. The van der Waals surface area contributed by atoms with Gasteiger partial charge in [0.25, 0.3) is 0 Å². The molecule has 1 aliphatic carbocycles. The highest BCUT2D eigenvalue weighted by Gasteiger charge is 2.31. The van der Waals surface area contributed by atoms with E-state index in [-0.39, 0.29) is 0 Å². The van der Waals surface area contributed by atoms with Gasteiger partial charge in [-0.05, 0) is 60.4 Å². The molecule has 0 radical (unpaired) electrons. The molecule has 1 unspecified atom stereocenters. The van der Waals surface area contributed by atoms with Crippen molar-refractivity contribution >= 4 is 40.2 Å². The van der Waals surface area contributed by atoms with Crippen LogP contribution in [0, 0.1) is 3.57 Å². The minimum Gasteiger partial charge on any atom is -0.369 e. The maximum atomic E-state index is 4.95. The Morgan fingerprint density at radius 1 is 1.25 bits per heavy atom. The number of rotatable bonds is 5. The van der Waals surface area contributed by atoms with Crippen LogP contribution in [0.1, 0.15) is 68.1 Å². The summed E-state index contributed by atoms with van der Waals surface area (Å²) in [4.78, 5) is 9.80. The van der Waals surface area contributed by atoms with Crippen molar-refractivity contribution in [2.45, 2.75) is 56.6 Å². The Balaban J connectivity index is 1.89. The summed E-state index contributed by atoms with van der Waals surface area (Å²) in [6.45, 7) is 3.19. The molecule has 1 aliphatic heterocycles. The molecule has 0 amide bonds. The van der Waals surface area contributed by atoms with Crippen LogP contribution in [0.4, 0.5) is 5.82 Å². The number of hydrogen-bond donors (Lipinski definition) is 1. The molecule has 5 heteroatoms. The smallest absolute Gasteiger partial charge is 0.144 e. The highest BCUT2D eigenvalue weighted by atomic mass is 127. The van der Waals surface area contributed by atoms with E-state index < -0.39 is 0 Å². The zero-order chi connectivity index (χ0) is 13.9. The lowest BCUT2D eigenvalue weighted by Crippen LogP contribution is -2.13. The molecule has 0 bridgehead atoms. The lowest BCUT2D eigenvalue weighted by Gasteiger charge is -2.22. The topological polar surface area (TPSA) is 37.8 Å². The molecular weight excluding hydrogens is 381 g/mol. The summed E-state index contributed by atoms with van der Waals surface area (Å²) in [5.74, 6) is 4.11. The van der Waals surface area contributed by atoms with E-state index >= 15 is 0 Å². The van der Waals surface area contributed by atoms with E-state index in [9.17, 15) is 0 Å². The maximum absolute atomic E-state index is 4.95. The number of halogens is 1. The summed E-state index contributed by atoms with van der Waals surface area (Å²) in [5.41, 5.74) is 1.31. The van der Waals surface area contributed by atoms with Crippen molar-refractivity contribution in [1.29, 1.82) is 0 Å². The zero-order valence-corrected chi connectivity index (χ0v) is 15.0. The molecule has 3 rings (SSSR count). The normalized spacial score (nSPS) is 22.8. The standard InChI is InChI=1S/C15H22IN3S/c1-2-8-17-15-12(16)13(10-6-7-10)18-14(19-15)11-5-3-4-9-20-11/h10-11H,2-9H2,1H3,(H,17,18,19). The van der Waals surface area contributed by atoms with Crippen molar-refractivity contribution in [3.8, 4) is 0 Å². The van der Waals surface area contributed by atoms with Gasteiger partial charge in [-0.3, -0.25) is 0 Å². The number of thioether (sulfide) groups is 1. The van der Waals surface area contributed by atoms with Gasteiger partial charge in [0.05, 0.1) is 14.5 Å². The number of nitrogens with zero attached hydrogens (tertiary/aromatic N) is 2. The second-order valence-electron chi connectivity index (χ2n) is 5.69. The maximum Gasteiger partial charge on any atom is 0.144 e. The summed E-state index contributed by atoms with van der Waals surface area (Å²) in [5, 5.41) is 4.01. The summed E-state index contributed by atoms with van der Waals surface area (Å²) in [6, 6.07) is 0. The van der Waals surface area contributed by atoms with Crippen LogP contribution in [0.3, 0.4) is 0 Å². The van der Waals surface area contributed by atoms with E-state index in [4.69, 9.17) is 9.97 Å². The molecule has 1 N–H and O–H groups in total. The van der Waals surface area contributed by atoms with Gasteiger partial charge >= 0.3 is 0 Å². The first-order chi connectivity index (χ1) is 9.79. The summed E-state index contributed by atoms with van der Waals surface area (Å²) in [6.07, 6.45) is 7.65. The van der Waals surface area contributed by atoms with Crippen molar-refractivity contribution in [1.82, 2.24) is 9.97 Å². The van der Waals surface area contributed by atoms with E-state index in [0.717, 1.165) is 24.6 Å². The van der Waals surface area contributed by atoms with E-state index in [1.54, 1.807) is 0 Å². The minimum absolute atomic E-state index is 0.514. The predicted molar refractivity (Wildman–Crippen MR) is 94.6 cm³/mol. The molecule has 1 aromatic rings. The van der Waals surface area contributed by atoms with Crippen LogP contribution < -0.4 is 5.32 Å². The van der Waals surface area contributed by atoms with Gasteiger partial charge in [-0.2, -0.15) is 11.8 Å². The average molecular weight is 403 g/mol. The van der Waals surface area contributed by atoms with Gasteiger partial charge in [-0.15, -0.1) is 0 Å².